The van der Waals surface area contributed by atoms with E-state index >= 15 is 0 Å². The molecule has 1 heterocycles. The van der Waals surface area contributed by atoms with Crippen LogP contribution in [0, 0.1) is 13.8 Å². The van der Waals surface area contributed by atoms with Gasteiger partial charge in [-0.2, -0.15) is 0 Å². The Hall–Kier alpha value is -1.55. The average molecular weight is 308 g/mol. The van der Waals surface area contributed by atoms with Crippen LogP contribution in [0.25, 0.3) is 11.3 Å². The Balaban J connectivity index is 2.68. The van der Waals surface area contributed by atoms with Gasteiger partial charge in [-0.3, -0.25) is 0 Å². The Kier molecular flexibility index (Phi) is 3.30. The van der Waals surface area contributed by atoms with Gasteiger partial charge in [-0.25, -0.2) is 4.79 Å². The van der Waals surface area contributed by atoms with Crippen LogP contribution >= 0.6 is 15.9 Å². The molecule has 1 aromatic heterocycles. The zero-order chi connectivity index (χ0) is 13.4. The molecule has 18 heavy (non-hydrogen) atoms. The van der Waals surface area contributed by atoms with Crippen LogP contribution in [-0.4, -0.2) is 15.6 Å². The summed E-state index contributed by atoms with van der Waals surface area (Å²) in [4.78, 5) is 11.1. The number of carboxylic acids is 1. The summed E-state index contributed by atoms with van der Waals surface area (Å²) in [5, 5.41) is 9.15. The molecule has 0 aliphatic carbocycles. The van der Waals surface area contributed by atoms with Crippen molar-refractivity contribution in [2.45, 2.75) is 13.8 Å². The number of aryl methyl sites for hydroxylation is 1. The number of aromatic nitrogens is 1. The molecule has 2 aromatic rings. The average Bonchev–Trinajstić information content (AvgIpc) is 2.60. The zero-order valence-electron chi connectivity index (χ0n) is 10.5. The van der Waals surface area contributed by atoms with Crippen LogP contribution in [-0.2, 0) is 7.05 Å². The number of halogens is 1. The number of rotatable bonds is 2. The highest BCUT2D eigenvalue weighted by molar-refractivity contribution is 9.10. The fourth-order valence-corrected chi connectivity index (χ4v) is 2.41. The lowest BCUT2D eigenvalue weighted by atomic mass is 10.1. The van der Waals surface area contributed by atoms with Crippen molar-refractivity contribution in [3.05, 3.63) is 45.6 Å². The van der Waals surface area contributed by atoms with E-state index in [-0.39, 0.29) is 0 Å². The second-order valence-corrected chi connectivity index (χ2v) is 5.27. The molecule has 0 aliphatic rings. The third kappa shape index (κ3) is 2.08. The Morgan fingerprint density at radius 3 is 2.50 bits per heavy atom. The van der Waals surface area contributed by atoms with Crippen molar-refractivity contribution in [2.75, 3.05) is 0 Å². The summed E-state index contributed by atoms with van der Waals surface area (Å²) in [6.45, 7) is 3.84. The Morgan fingerprint density at radius 2 is 1.94 bits per heavy atom. The molecule has 0 saturated heterocycles. The maximum absolute atomic E-state index is 11.1. The molecule has 0 atom stereocenters. The fraction of sp³-hybridized carbons (Fsp3) is 0.214. The van der Waals surface area contributed by atoms with Gasteiger partial charge in [-0.15, -0.1) is 0 Å². The first-order valence-corrected chi connectivity index (χ1v) is 6.37. The van der Waals surface area contributed by atoms with E-state index in [9.17, 15) is 4.79 Å². The van der Waals surface area contributed by atoms with Gasteiger partial charge in [0.1, 0.15) is 0 Å². The van der Waals surface area contributed by atoms with Crippen molar-refractivity contribution in [3.8, 4) is 11.3 Å². The van der Waals surface area contributed by atoms with Crippen molar-refractivity contribution >= 4 is 21.9 Å². The SMILES string of the molecule is Cc1ccc(Br)cc1-c1cc(C(=O)O)c(C)n1C. The summed E-state index contributed by atoms with van der Waals surface area (Å²) >= 11 is 3.45. The van der Waals surface area contributed by atoms with Crippen LogP contribution in [0.3, 0.4) is 0 Å². The maximum Gasteiger partial charge on any atom is 0.337 e. The zero-order valence-corrected chi connectivity index (χ0v) is 12.1. The highest BCUT2D eigenvalue weighted by Gasteiger charge is 2.16. The monoisotopic (exact) mass is 307 g/mol. The number of benzene rings is 1. The van der Waals surface area contributed by atoms with Crippen LogP contribution < -0.4 is 0 Å². The van der Waals surface area contributed by atoms with E-state index in [1.807, 2.05) is 43.7 Å². The van der Waals surface area contributed by atoms with Gasteiger partial charge in [-0.05, 0) is 37.6 Å². The van der Waals surface area contributed by atoms with E-state index < -0.39 is 5.97 Å². The van der Waals surface area contributed by atoms with Gasteiger partial charge in [0.25, 0.3) is 0 Å². The lowest BCUT2D eigenvalue weighted by Gasteiger charge is -2.09. The molecule has 0 bridgehead atoms. The molecule has 2 rings (SSSR count). The number of nitrogens with zero attached hydrogens (tertiary/aromatic N) is 1. The normalized spacial score (nSPS) is 10.7. The first kappa shape index (κ1) is 12.9. The molecule has 1 aromatic carbocycles. The number of hydrogen-bond donors (Lipinski definition) is 1. The van der Waals surface area contributed by atoms with Gasteiger partial charge < -0.3 is 9.67 Å². The number of carbonyl (C=O) groups is 1. The van der Waals surface area contributed by atoms with Crippen LogP contribution in [0.5, 0.6) is 0 Å². The quantitative estimate of drug-likeness (QED) is 0.917. The molecule has 0 unspecified atom stereocenters. The number of carboxylic acid groups (broad SMARTS) is 1. The van der Waals surface area contributed by atoms with Crippen molar-refractivity contribution < 1.29 is 9.90 Å². The first-order chi connectivity index (χ1) is 8.41. The second kappa shape index (κ2) is 4.61. The van der Waals surface area contributed by atoms with Crippen molar-refractivity contribution in [1.29, 1.82) is 0 Å². The van der Waals surface area contributed by atoms with Gasteiger partial charge in [0.2, 0.25) is 0 Å². The molecule has 0 spiro atoms. The molecule has 0 fully saturated rings. The minimum atomic E-state index is -0.887. The molecule has 0 radical (unpaired) electrons. The largest absolute Gasteiger partial charge is 0.478 e. The maximum atomic E-state index is 11.1. The van der Waals surface area contributed by atoms with E-state index in [0.29, 0.717) is 5.56 Å². The molecule has 0 saturated carbocycles. The van der Waals surface area contributed by atoms with E-state index in [1.54, 1.807) is 6.07 Å². The summed E-state index contributed by atoms with van der Waals surface area (Å²) < 4.78 is 2.90. The fourth-order valence-electron chi connectivity index (χ4n) is 2.04. The second-order valence-electron chi connectivity index (χ2n) is 4.35. The number of hydrogen-bond acceptors (Lipinski definition) is 1. The van der Waals surface area contributed by atoms with Gasteiger partial charge in [0.05, 0.1) is 5.56 Å². The predicted octanol–water partition coefficient (Wildman–Crippen LogP) is 3.77. The summed E-state index contributed by atoms with van der Waals surface area (Å²) in [6, 6.07) is 7.73. The van der Waals surface area contributed by atoms with Crippen LogP contribution in [0.4, 0.5) is 0 Å². The summed E-state index contributed by atoms with van der Waals surface area (Å²) in [7, 11) is 1.89. The molecule has 0 amide bonds. The van der Waals surface area contributed by atoms with Gasteiger partial charge in [0.15, 0.2) is 0 Å². The van der Waals surface area contributed by atoms with E-state index in [2.05, 4.69) is 15.9 Å². The molecule has 1 N–H and O–H groups in total. The lowest BCUT2D eigenvalue weighted by Crippen LogP contribution is -1.99. The topological polar surface area (TPSA) is 42.2 Å². The number of aromatic carboxylic acids is 1. The minimum absolute atomic E-state index is 0.354. The molecular weight excluding hydrogens is 294 g/mol. The van der Waals surface area contributed by atoms with E-state index in [0.717, 1.165) is 27.0 Å². The smallest absolute Gasteiger partial charge is 0.337 e. The third-order valence-electron chi connectivity index (χ3n) is 3.24. The summed E-state index contributed by atoms with van der Waals surface area (Å²) in [5.41, 5.74) is 4.20. The van der Waals surface area contributed by atoms with Crippen LogP contribution in [0.2, 0.25) is 0 Å². The van der Waals surface area contributed by atoms with Gasteiger partial charge in [0, 0.05) is 28.5 Å². The molecule has 94 valence electrons. The van der Waals surface area contributed by atoms with Crippen LogP contribution in [0.1, 0.15) is 21.6 Å². The first-order valence-electron chi connectivity index (χ1n) is 5.58. The van der Waals surface area contributed by atoms with Gasteiger partial charge in [-0.1, -0.05) is 22.0 Å². The van der Waals surface area contributed by atoms with E-state index in [4.69, 9.17) is 5.11 Å². The highest BCUT2D eigenvalue weighted by atomic mass is 79.9. The molecular formula is C14H14BrNO2. The lowest BCUT2D eigenvalue weighted by molar-refractivity contribution is 0.0696. The minimum Gasteiger partial charge on any atom is -0.478 e. The Bertz CT molecular complexity index is 629. The van der Waals surface area contributed by atoms with Crippen molar-refractivity contribution in [2.24, 2.45) is 7.05 Å². The van der Waals surface area contributed by atoms with Crippen molar-refractivity contribution in [3.63, 3.8) is 0 Å². The summed E-state index contributed by atoms with van der Waals surface area (Å²) in [6.07, 6.45) is 0. The Morgan fingerprint density at radius 1 is 1.28 bits per heavy atom. The van der Waals surface area contributed by atoms with Crippen LogP contribution in [0.15, 0.2) is 28.7 Å². The predicted molar refractivity (Wildman–Crippen MR) is 75.0 cm³/mol. The third-order valence-corrected chi connectivity index (χ3v) is 3.73. The van der Waals surface area contributed by atoms with E-state index in [1.165, 1.54) is 0 Å². The molecule has 4 heteroatoms. The highest BCUT2D eigenvalue weighted by Crippen LogP contribution is 2.29. The standard InChI is InChI=1S/C14H14BrNO2/c1-8-4-5-10(15)6-11(8)13-7-12(14(17)18)9(2)16(13)3/h4-7H,1-3H3,(H,17,18). The summed E-state index contributed by atoms with van der Waals surface area (Å²) in [5.74, 6) is -0.887. The molecule has 0 aliphatic heterocycles. The van der Waals surface area contributed by atoms with Crippen molar-refractivity contribution in [1.82, 2.24) is 4.57 Å². The molecule has 3 nitrogen and oxygen atoms in total. The Labute approximate surface area is 114 Å². The van der Waals surface area contributed by atoms with Gasteiger partial charge >= 0.3 is 5.97 Å².